The number of anilines is 1. The second-order valence-electron chi connectivity index (χ2n) is 5.40. The quantitative estimate of drug-likeness (QED) is 0.319. The van der Waals surface area contributed by atoms with E-state index < -0.39 is 23.4 Å². The maximum Gasteiger partial charge on any atom is 0.316 e. The molecular weight excluding hydrogens is 372 g/mol. The number of rotatable bonds is 8. The van der Waals surface area contributed by atoms with Gasteiger partial charge in [0.2, 0.25) is 0 Å². The number of aryl methyl sites for hydroxylation is 1. The minimum absolute atomic E-state index is 0.00358. The average Bonchev–Trinajstić information content (AvgIpc) is 2.65. The van der Waals surface area contributed by atoms with Gasteiger partial charge in [-0.25, -0.2) is 0 Å². The molecule has 2 rings (SSSR count). The van der Waals surface area contributed by atoms with Gasteiger partial charge in [-0.05, 0) is 30.7 Å². The Balaban J connectivity index is 1.86. The number of esters is 1. The first-order valence-electron chi connectivity index (χ1n) is 7.87. The molecule has 0 bridgehead atoms. The van der Waals surface area contributed by atoms with Gasteiger partial charge in [0.25, 0.3) is 11.6 Å². The van der Waals surface area contributed by atoms with Crippen LogP contribution in [0.5, 0.6) is 5.75 Å². The predicted molar refractivity (Wildman–Crippen MR) is 101 cm³/mol. The third-order valence-corrected chi connectivity index (χ3v) is 4.63. The van der Waals surface area contributed by atoms with E-state index in [0.717, 1.165) is 10.5 Å². The zero-order valence-electron chi connectivity index (χ0n) is 14.8. The molecule has 0 saturated carbocycles. The molecule has 0 aliphatic rings. The van der Waals surface area contributed by atoms with E-state index in [4.69, 9.17) is 9.47 Å². The Hall–Kier alpha value is -3.07. The Morgan fingerprint density at radius 1 is 1.22 bits per heavy atom. The summed E-state index contributed by atoms with van der Waals surface area (Å²) < 4.78 is 9.84. The molecule has 0 heterocycles. The number of amides is 1. The number of nitro groups is 1. The van der Waals surface area contributed by atoms with Crippen molar-refractivity contribution in [2.24, 2.45) is 0 Å². The van der Waals surface area contributed by atoms with Crippen LogP contribution in [0.3, 0.4) is 0 Å². The Labute approximate surface area is 160 Å². The molecule has 0 aromatic heterocycles. The molecule has 0 aliphatic carbocycles. The number of benzene rings is 2. The largest absolute Gasteiger partial charge is 0.496 e. The monoisotopic (exact) mass is 390 g/mol. The lowest BCUT2D eigenvalue weighted by Gasteiger charge is -2.08. The fourth-order valence-electron chi connectivity index (χ4n) is 2.12. The first-order chi connectivity index (χ1) is 12.9. The lowest BCUT2D eigenvalue weighted by atomic mass is 10.2. The van der Waals surface area contributed by atoms with Crippen LogP contribution in [0.2, 0.25) is 0 Å². The van der Waals surface area contributed by atoms with Gasteiger partial charge in [-0.15, -0.1) is 11.8 Å². The Morgan fingerprint density at radius 3 is 2.63 bits per heavy atom. The molecule has 0 fully saturated rings. The highest BCUT2D eigenvalue weighted by Crippen LogP contribution is 2.28. The number of ether oxygens (including phenoxy) is 2. The molecule has 0 saturated heterocycles. The second-order valence-corrected chi connectivity index (χ2v) is 6.42. The fourth-order valence-corrected chi connectivity index (χ4v) is 2.95. The number of hydrogen-bond acceptors (Lipinski definition) is 7. The van der Waals surface area contributed by atoms with E-state index in [1.807, 2.05) is 31.2 Å². The Kier molecular flexibility index (Phi) is 7.18. The average molecular weight is 390 g/mol. The molecule has 2 aromatic rings. The van der Waals surface area contributed by atoms with Crippen LogP contribution in [0.4, 0.5) is 11.4 Å². The number of thioether (sulfide) groups is 1. The van der Waals surface area contributed by atoms with Gasteiger partial charge in [0, 0.05) is 4.90 Å². The number of methoxy groups -OCH3 is 1. The number of hydrogen-bond donors (Lipinski definition) is 1. The van der Waals surface area contributed by atoms with Crippen molar-refractivity contribution in [2.45, 2.75) is 11.8 Å². The highest BCUT2D eigenvalue weighted by Gasteiger charge is 2.18. The number of nitro benzene ring substituents is 1. The van der Waals surface area contributed by atoms with Crippen molar-refractivity contribution in [3.05, 3.63) is 58.1 Å². The van der Waals surface area contributed by atoms with Crippen LogP contribution in [0.15, 0.2) is 47.4 Å². The van der Waals surface area contributed by atoms with Crippen molar-refractivity contribution < 1.29 is 24.0 Å². The van der Waals surface area contributed by atoms with Crippen LogP contribution in [0.1, 0.15) is 5.56 Å². The van der Waals surface area contributed by atoms with Crippen molar-refractivity contribution in [1.29, 1.82) is 0 Å². The molecule has 8 nitrogen and oxygen atoms in total. The van der Waals surface area contributed by atoms with E-state index in [-0.39, 0.29) is 17.1 Å². The van der Waals surface area contributed by atoms with Gasteiger partial charge in [-0.1, -0.05) is 18.2 Å². The van der Waals surface area contributed by atoms with Crippen molar-refractivity contribution in [2.75, 3.05) is 24.8 Å². The molecule has 0 atom stereocenters. The van der Waals surface area contributed by atoms with E-state index >= 15 is 0 Å². The van der Waals surface area contributed by atoms with Crippen molar-refractivity contribution in [3.63, 3.8) is 0 Å². The van der Waals surface area contributed by atoms with E-state index in [2.05, 4.69) is 5.32 Å². The molecule has 1 N–H and O–H groups in total. The van der Waals surface area contributed by atoms with Gasteiger partial charge in [-0.2, -0.15) is 0 Å². The zero-order chi connectivity index (χ0) is 19.8. The summed E-state index contributed by atoms with van der Waals surface area (Å²) in [7, 11) is 1.38. The Morgan fingerprint density at radius 2 is 1.96 bits per heavy atom. The number of carbonyl (C=O) groups is 2. The van der Waals surface area contributed by atoms with E-state index in [9.17, 15) is 19.7 Å². The second kappa shape index (κ2) is 9.58. The summed E-state index contributed by atoms with van der Waals surface area (Å²) >= 11 is 1.31. The minimum atomic E-state index is -0.669. The third kappa shape index (κ3) is 6.00. The summed E-state index contributed by atoms with van der Waals surface area (Å²) in [6, 6.07) is 11.6. The van der Waals surface area contributed by atoms with Crippen LogP contribution in [0, 0.1) is 17.0 Å². The highest BCUT2D eigenvalue weighted by atomic mass is 32.2. The van der Waals surface area contributed by atoms with E-state index in [1.165, 1.54) is 37.1 Å². The molecule has 2 aromatic carbocycles. The smallest absolute Gasteiger partial charge is 0.316 e. The molecule has 0 radical (unpaired) electrons. The van der Waals surface area contributed by atoms with Crippen LogP contribution in [-0.2, 0) is 14.3 Å². The lowest BCUT2D eigenvalue weighted by molar-refractivity contribution is -0.384. The lowest BCUT2D eigenvalue weighted by Crippen LogP contribution is -2.22. The molecule has 9 heteroatoms. The van der Waals surface area contributed by atoms with E-state index in [1.54, 1.807) is 0 Å². The van der Waals surface area contributed by atoms with Crippen molar-refractivity contribution in [1.82, 2.24) is 0 Å². The van der Waals surface area contributed by atoms with Crippen LogP contribution in [0.25, 0.3) is 0 Å². The first-order valence-corrected chi connectivity index (χ1v) is 8.85. The molecule has 142 valence electrons. The summed E-state index contributed by atoms with van der Waals surface area (Å²) in [5, 5.41) is 13.5. The fraction of sp³-hybridized carbons (Fsp3) is 0.222. The summed E-state index contributed by atoms with van der Waals surface area (Å²) in [6.07, 6.45) is 0. The van der Waals surface area contributed by atoms with Gasteiger partial charge in [0.15, 0.2) is 6.61 Å². The van der Waals surface area contributed by atoms with Crippen LogP contribution >= 0.6 is 11.8 Å². The minimum Gasteiger partial charge on any atom is -0.496 e. The summed E-state index contributed by atoms with van der Waals surface area (Å²) in [6.45, 7) is 1.40. The van der Waals surface area contributed by atoms with E-state index in [0.29, 0.717) is 5.75 Å². The summed E-state index contributed by atoms with van der Waals surface area (Å²) in [5.74, 6) is -0.875. The van der Waals surface area contributed by atoms with Crippen LogP contribution < -0.4 is 10.1 Å². The first kappa shape index (κ1) is 20.2. The maximum atomic E-state index is 11.9. The molecule has 0 aliphatic heterocycles. The van der Waals surface area contributed by atoms with Gasteiger partial charge < -0.3 is 14.8 Å². The predicted octanol–water partition coefficient (Wildman–Crippen LogP) is 3.19. The Bertz CT molecular complexity index is 855. The molecule has 0 spiro atoms. The maximum absolute atomic E-state index is 11.9. The third-order valence-electron chi connectivity index (χ3n) is 3.48. The number of nitrogens with zero attached hydrogens (tertiary/aromatic N) is 1. The van der Waals surface area contributed by atoms with Crippen molar-refractivity contribution >= 4 is 35.0 Å². The van der Waals surface area contributed by atoms with Crippen LogP contribution in [-0.4, -0.2) is 36.3 Å². The van der Waals surface area contributed by atoms with Gasteiger partial charge in [-0.3, -0.25) is 19.7 Å². The number of nitrogens with one attached hydrogen (secondary N) is 1. The SMILES string of the molecule is COc1ccc(NC(=O)COC(=O)CSc2ccccc2C)c([N+](=O)[O-])c1. The molecule has 0 unspecified atom stereocenters. The van der Waals surface area contributed by atoms with Gasteiger partial charge >= 0.3 is 5.97 Å². The van der Waals surface area contributed by atoms with Crippen molar-refractivity contribution in [3.8, 4) is 5.75 Å². The zero-order valence-corrected chi connectivity index (χ0v) is 15.6. The summed E-state index contributed by atoms with van der Waals surface area (Å²) in [5.41, 5.74) is 0.722. The summed E-state index contributed by atoms with van der Waals surface area (Å²) in [4.78, 5) is 35.1. The van der Waals surface area contributed by atoms with Gasteiger partial charge in [0.05, 0.1) is 23.9 Å². The number of carbonyl (C=O) groups excluding carboxylic acids is 2. The highest BCUT2D eigenvalue weighted by molar-refractivity contribution is 8.00. The topological polar surface area (TPSA) is 108 Å². The molecular formula is C18H18N2O6S. The molecule has 27 heavy (non-hydrogen) atoms. The molecule has 1 amide bonds. The standard InChI is InChI=1S/C18H18N2O6S/c1-12-5-3-4-6-16(12)27-11-18(22)26-10-17(21)19-14-8-7-13(25-2)9-15(14)20(23)24/h3-9H,10-11H2,1-2H3,(H,19,21). The van der Waals surface area contributed by atoms with Gasteiger partial charge in [0.1, 0.15) is 11.4 Å². The normalized spacial score (nSPS) is 10.1.